The van der Waals surface area contributed by atoms with E-state index >= 15 is 0 Å². The van der Waals surface area contributed by atoms with Gasteiger partial charge in [-0.3, -0.25) is 9.59 Å². The fourth-order valence-corrected chi connectivity index (χ4v) is 3.10. The van der Waals surface area contributed by atoms with Crippen LogP contribution in [0, 0.1) is 11.3 Å². The van der Waals surface area contributed by atoms with Gasteiger partial charge < -0.3 is 10.0 Å². The van der Waals surface area contributed by atoms with E-state index in [2.05, 4.69) is 0 Å². The number of aliphatic carboxylic acids is 1. The van der Waals surface area contributed by atoms with Crippen molar-refractivity contribution >= 4 is 11.9 Å². The lowest BCUT2D eigenvalue weighted by atomic mass is 9.78. The molecule has 1 heterocycles. The fraction of sp³-hybridized carbons (Fsp3) is 0.500. The third-order valence-electron chi connectivity index (χ3n) is 4.50. The number of hydrogen-bond donors (Lipinski definition) is 1. The van der Waals surface area contributed by atoms with Crippen LogP contribution in [0.4, 0.5) is 0 Å². The number of carbonyl (C=O) groups is 2. The van der Waals surface area contributed by atoms with Crippen LogP contribution >= 0.6 is 0 Å². The molecule has 1 aliphatic heterocycles. The van der Waals surface area contributed by atoms with Crippen molar-refractivity contribution in [3.05, 3.63) is 35.9 Å². The maximum atomic E-state index is 12.5. The smallest absolute Gasteiger partial charge is 0.311 e. The zero-order valence-corrected chi connectivity index (χ0v) is 12.2. The molecule has 4 nitrogen and oxygen atoms in total. The maximum absolute atomic E-state index is 12.5. The number of amides is 1. The molecule has 1 saturated heterocycles. The van der Waals surface area contributed by atoms with Crippen molar-refractivity contribution in [2.45, 2.75) is 33.2 Å². The van der Waals surface area contributed by atoms with Gasteiger partial charge >= 0.3 is 5.97 Å². The van der Waals surface area contributed by atoms with Crippen molar-refractivity contribution < 1.29 is 14.7 Å². The number of carboxylic acids is 1. The summed E-state index contributed by atoms with van der Waals surface area (Å²) in [5.74, 6) is -1.37. The number of carbonyl (C=O) groups excluding carboxylic acids is 1. The molecule has 2 rings (SSSR count). The largest absolute Gasteiger partial charge is 0.481 e. The van der Waals surface area contributed by atoms with Gasteiger partial charge in [-0.15, -0.1) is 0 Å². The van der Waals surface area contributed by atoms with Gasteiger partial charge in [0.25, 0.3) is 0 Å². The van der Waals surface area contributed by atoms with E-state index in [1.54, 1.807) is 11.8 Å². The Morgan fingerprint density at radius 1 is 1.45 bits per heavy atom. The van der Waals surface area contributed by atoms with Crippen molar-refractivity contribution in [1.82, 2.24) is 4.90 Å². The van der Waals surface area contributed by atoms with Gasteiger partial charge in [-0.05, 0) is 25.8 Å². The minimum atomic E-state index is -0.991. The van der Waals surface area contributed by atoms with Crippen LogP contribution < -0.4 is 0 Å². The molecule has 1 aliphatic rings. The van der Waals surface area contributed by atoms with Gasteiger partial charge in [0.1, 0.15) is 0 Å². The van der Waals surface area contributed by atoms with Gasteiger partial charge in [0, 0.05) is 6.54 Å². The Morgan fingerprint density at radius 2 is 2.05 bits per heavy atom. The predicted octanol–water partition coefficient (Wildman–Crippen LogP) is 2.71. The standard InChI is InChI=1S/C16H21NO3/c1-4-13-14(18)17(10-16(13,3)15(19)20)11(2)12-8-6-5-7-9-12/h5-9,11,13H,4,10H2,1-3H3,(H,19,20)/t11-,13?,16?/m0/s1. The number of nitrogens with zero attached hydrogens (tertiary/aromatic N) is 1. The van der Waals surface area contributed by atoms with E-state index in [1.807, 2.05) is 44.2 Å². The van der Waals surface area contributed by atoms with Gasteiger partial charge in [-0.25, -0.2) is 0 Å². The highest BCUT2D eigenvalue weighted by Crippen LogP contribution is 2.42. The maximum Gasteiger partial charge on any atom is 0.311 e. The third kappa shape index (κ3) is 2.19. The molecule has 0 bridgehead atoms. The minimum Gasteiger partial charge on any atom is -0.481 e. The van der Waals surface area contributed by atoms with Crippen molar-refractivity contribution in [3.63, 3.8) is 0 Å². The van der Waals surface area contributed by atoms with E-state index in [4.69, 9.17) is 0 Å². The molecule has 1 N–H and O–H groups in total. The minimum absolute atomic E-state index is 0.0475. The van der Waals surface area contributed by atoms with Crippen LogP contribution in [0.2, 0.25) is 0 Å². The summed E-state index contributed by atoms with van der Waals surface area (Å²) in [5, 5.41) is 9.48. The Labute approximate surface area is 119 Å². The summed E-state index contributed by atoms with van der Waals surface area (Å²) in [6.45, 7) is 5.78. The first kappa shape index (κ1) is 14.6. The van der Waals surface area contributed by atoms with Crippen LogP contribution in [0.15, 0.2) is 30.3 Å². The molecule has 4 heteroatoms. The monoisotopic (exact) mass is 275 g/mol. The summed E-state index contributed by atoms with van der Waals surface area (Å²) < 4.78 is 0. The van der Waals surface area contributed by atoms with E-state index in [1.165, 1.54) is 0 Å². The highest BCUT2D eigenvalue weighted by molar-refractivity contribution is 5.91. The van der Waals surface area contributed by atoms with Crippen molar-refractivity contribution in [1.29, 1.82) is 0 Å². The Balaban J connectivity index is 2.31. The molecule has 108 valence electrons. The first-order valence-electron chi connectivity index (χ1n) is 7.00. The lowest BCUT2D eigenvalue weighted by molar-refractivity contribution is -0.150. The Kier molecular flexibility index (Phi) is 3.84. The van der Waals surface area contributed by atoms with Gasteiger partial charge in [-0.2, -0.15) is 0 Å². The molecule has 1 fully saturated rings. The van der Waals surface area contributed by atoms with Crippen molar-refractivity contribution in [2.75, 3.05) is 6.54 Å². The van der Waals surface area contributed by atoms with Gasteiger partial charge in [0.2, 0.25) is 5.91 Å². The summed E-state index contributed by atoms with van der Waals surface area (Å²) in [6, 6.07) is 9.63. The average molecular weight is 275 g/mol. The van der Waals surface area contributed by atoms with Crippen LogP contribution in [0.3, 0.4) is 0 Å². The zero-order chi connectivity index (χ0) is 14.9. The zero-order valence-electron chi connectivity index (χ0n) is 12.2. The van der Waals surface area contributed by atoms with Gasteiger partial charge in [0.05, 0.1) is 17.4 Å². The average Bonchev–Trinajstić information content (AvgIpc) is 2.71. The number of likely N-dealkylation sites (tertiary alicyclic amines) is 1. The first-order chi connectivity index (χ1) is 9.41. The lowest BCUT2D eigenvalue weighted by Crippen LogP contribution is -2.36. The third-order valence-corrected chi connectivity index (χ3v) is 4.50. The number of carboxylic acid groups (broad SMARTS) is 1. The second-order valence-corrected chi connectivity index (χ2v) is 5.74. The molecule has 0 aromatic heterocycles. The van der Waals surface area contributed by atoms with Crippen LogP contribution in [0.5, 0.6) is 0 Å². The number of benzene rings is 1. The molecule has 0 aliphatic carbocycles. The first-order valence-corrected chi connectivity index (χ1v) is 7.00. The van der Waals surface area contributed by atoms with Crippen molar-refractivity contribution in [2.24, 2.45) is 11.3 Å². The highest BCUT2D eigenvalue weighted by atomic mass is 16.4. The highest BCUT2D eigenvalue weighted by Gasteiger charge is 2.54. The molecule has 1 aromatic carbocycles. The van der Waals surface area contributed by atoms with E-state index in [0.29, 0.717) is 6.42 Å². The van der Waals surface area contributed by atoms with E-state index in [-0.39, 0.29) is 18.5 Å². The van der Waals surface area contributed by atoms with Crippen LogP contribution in [0.1, 0.15) is 38.8 Å². The summed E-state index contributed by atoms with van der Waals surface area (Å²) >= 11 is 0. The summed E-state index contributed by atoms with van der Waals surface area (Å²) in [5.41, 5.74) is 0.0415. The second kappa shape index (κ2) is 5.27. The molecule has 0 spiro atoms. The van der Waals surface area contributed by atoms with Gasteiger partial charge in [0.15, 0.2) is 0 Å². The molecule has 0 saturated carbocycles. The quantitative estimate of drug-likeness (QED) is 0.919. The normalized spacial score (nSPS) is 27.6. The fourth-order valence-electron chi connectivity index (χ4n) is 3.10. The van der Waals surface area contributed by atoms with Crippen LogP contribution in [0.25, 0.3) is 0 Å². The molecule has 3 atom stereocenters. The Hall–Kier alpha value is -1.84. The molecule has 1 aromatic rings. The summed E-state index contributed by atoms with van der Waals surface area (Å²) in [7, 11) is 0. The lowest BCUT2D eigenvalue weighted by Gasteiger charge is -2.26. The molecule has 2 unspecified atom stereocenters. The summed E-state index contributed by atoms with van der Waals surface area (Å²) in [4.78, 5) is 25.8. The van der Waals surface area contributed by atoms with E-state index in [9.17, 15) is 14.7 Å². The number of hydrogen-bond acceptors (Lipinski definition) is 2. The van der Waals surface area contributed by atoms with Crippen LogP contribution in [-0.2, 0) is 9.59 Å². The molecule has 1 amide bonds. The van der Waals surface area contributed by atoms with E-state index < -0.39 is 17.3 Å². The molecular weight excluding hydrogens is 254 g/mol. The Bertz CT molecular complexity index is 514. The van der Waals surface area contributed by atoms with E-state index in [0.717, 1.165) is 5.56 Å². The summed E-state index contributed by atoms with van der Waals surface area (Å²) in [6.07, 6.45) is 0.555. The second-order valence-electron chi connectivity index (χ2n) is 5.74. The molecule has 0 radical (unpaired) electrons. The SMILES string of the molecule is CCC1C(=O)N([C@@H](C)c2ccccc2)CC1(C)C(=O)O. The Morgan fingerprint density at radius 3 is 2.50 bits per heavy atom. The van der Waals surface area contributed by atoms with Crippen LogP contribution in [-0.4, -0.2) is 28.4 Å². The molecular formula is C16H21NO3. The van der Waals surface area contributed by atoms with Crippen molar-refractivity contribution in [3.8, 4) is 0 Å². The molecule has 20 heavy (non-hydrogen) atoms. The predicted molar refractivity (Wildman–Crippen MR) is 76.1 cm³/mol. The topological polar surface area (TPSA) is 57.6 Å². The van der Waals surface area contributed by atoms with Gasteiger partial charge in [-0.1, -0.05) is 37.3 Å². The number of rotatable bonds is 4.